The monoisotopic (exact) mass is 373 g/mol. The summed E-state index contributed by atoms with van der Waals surface area (Å²) in [6, 6.07) is 5.65. The number of benzene rings is 1. The number of nitrogens with zero attached hydrogens (tertiary/aromatic N) is 2. The Morgan fingerprint density at radius 3 is 2.85 bits per heavy atom. The van der Waals surface area contributed by atoms with Crippen molar-refractivity contribution in [2.45, 2.75) is 51.1 Å². The maximum Gasteiger partial charge on any atom is 0.317 e. The van der Waals surface area contributed by atoms with E-state index in [9.17, 15) is 9.59 Å². The lowest BCUT2D eigenvalue weighted by Crippen LogP contribution is -2.51. The maximum absolute atomic E-state index is 12.7. The topological polar surface area (TPSA) is 71.1 Å². The molecule has 0 aromatic heterocycles. The second-order valence-electron chi connectivity index (χ2n) is 7.43. The third-order valence-corrected chi connectivity index (χ3v) is 5.65. The zero-order chi connectivity index (χ0) is 18.8. The van der Waals surface area contributed by atoms with Gasteiger partial charge >= 0.3 is 6.03 Å². The minimum absolute atomic E-state index is 0.0164. The molecule has 2 saturated heterocycles. The number of hydrogen-bond acceptors (Lipinski definition) is 4. The van der Waals surface area contributed by atoms with Crippen molar-refractivity contribution in [3.8, 4) is 11.5 Å². The van der Waals surface area contributed by atoms with E-state index in [0.29, 0.717) is 43.7 Å². The first kappa shape index (κ1) is 17.9. The SMILES string of the molecule is CCC1CCCCN1C(=O)NC1CC(=O)N(c2ccc3c(c2)OCCO3)C1. The molecule has 2 unspecified atom stereocenters. The summed E-state index contributed by atoms with van der Waals surface area (Å²) in [7, 11) is 0. The molecule has 7 nitrogen and oxygen atoms in total. The molecule has 7 heteroatoms. The van der Waals surface area contributed by atoms with Crippen LogP contribution in [0.15, 0.2) is 18.2 Å². The molecule has 0 bridgehead atoms. The van der Waals surface area contributed by atoms with Crippen LogP contribution < -0.4 is 19.7 Å². The highest BCUT2D eigenvalue weighted by atomic mass is 16.6. The molecule has 0 saturated carbocycles. The second-order valence-corrected chi connectivity index (χ2v) is 7.43. The lowest BCUT2D eigenvalue weighted by atomic mass is 10.0. The maximum atomic E-state index is 12.7. The highest BCUT2D eigenvalue weighted by Gasteiger charge is 2.34. The Balaban J connectivity index is 1.41. The molecular weight excluding hydrogens is 346 g/mol. The minimum atomic E-state index is -0.169. The van der Waals surface area contributed by atoms with Crippen LogP contribution in [-0.2, 0) is 4.79 Å². The van der Waals surface area contributed by atoms with E-state index in [1.165, 1.54) is 6.42 Å². The standard InChI is InChI=1S/C20H27N3O4/c1-2-15-5-3-4-8-22(15)20(25)21-14-11-19(24)23(13-14)16-6-7-17-18(12-16)27-10-9-26-17/h6-7,12,14-15H,2-5,8-11,13H2,1H3,(H,21,25). The van der Waals surface area contributed by atoms with Gasteiger partial charge in [0.25, 0.3) is 0 Å². The molecule has 3 aliphatic rings. The summed E-state index contributed by atoms with van der Waals surface area (Å²) in [6.07, 6.45) is 4.60. The first-order valence-corrected chi connectivity index (χ1v) is 9.93. The van der Waals surface area contributed by atoms with E-state index in [2.05, 4.69) is 12.2 Å². The van der Waals surface area contributed by atoms with Gasteiger partial charge < -0.3 is 24.6 Å². The molecular formula is C20H27N3O4. The third-order valence-electron chi connectivity index (χ3n) is 5.65. The average molecular weight is 373 g/mol. The summed E-state index contributed by atoms with van der Waals surface area (Å²) < 4.78 is 11.2. The van der Waals surface area contributed by atoms with Crippen LogP contribution in [-0.4, -0.2) is 55.2 Å². The van der Waals surface area contributed by atoms with Gasteiger partial charge in [-0.25, -0.2) is 4.79 Å². The summed E-state index contributed by atoms with van der Waals surface area (Å²) in [6.45, 7) is 4.46. The van der Waals surface area contributed by atoms with Gasteiger partial charge in [-0.15, -0.1) is 0 Å². The van der Waals surface area contributed by atoms with E-state index < -0.39 is 0 Å². The van der Waals surface area contributed by atoms with Crippen LogP contribution in [0.25, 0.3) is 0 Å². The van der Waals surface area contributed by atoms with Gasteiger partial charge in [-0.3, -0.25) is 4.79 Å². The van der Waals surface area contributed by atoms with Gasteiger partial charge in [-0.2, -0.15) is 0 Å². The van der Waals surface area contributed by atoms with E-state index >= 15 is 0 Å². The van der Waals surface area contributed by atoms with Gasteiger partial charge in [0.15, 0.2) is 11.5 Å². The van der Waals surface area contributed by atoms with Gasteiger partial charge in [0.05, 0.1) is 6.04 Å². The zero-order valence-corrected chi connectivity index (χ0v) is 15.8. The molecule has 3 heterocycles. The van der Waals surface area contributed by atoms with Crippen LogP contribution in [0.1, 0.15) is 39.0 Å². The van der Waals surface area contributed by atoms with E-state index in [1.807, 2.05) is 23.1 Å². The summed E-state index contributed by atoms with van der Waals surface area (Å²) in [4.78, 5) is 28.9. The number of urea groups is 1. The highest BCUT2D eigenvalue weighted by molar-refractivity contribution is 5.97. The van der Waals surface area contributed by atoms with Crippen molar-refractivity contribution in [1.82, 2.24) is 10.2 Å². The van der Waals surface area contributed by atoms with Crippen LogP contribution >= 0.6 is 0 Å². The number of hydrogen-bond donors (Lipinski definition) is 1. The first-order chi connectivity index (χ1) is 13.2. The Labute approximate surface area is 159 Å². The van der Waals surface area contributed by atoms with Gasteiger partial charge in [0.2, 0.25) is 5.91 Å². The predicted molar refractivity (Wildman–Crippen MR) is 101 cm³/mol. The van der Waals surface area contributed by atoms with Crippen molar-refractivity contribution in [2.75, 3.05) is 31.2 Å². The molecule has 2 atom stereocenters. The fourth-order valence-corrected chi connectivity index (χ4v) is 4.20. The lowest BCUT2D eigenvalue weighted by molar-refractivity contribution is -0.117. The van der Waals surface area contributed by atoms with Crippen molar-refractivity contribution in [1.29, 1.82) is 0 Å². The van der Waals surface area contributed by atoms with Gasteiger partial charge in [-0.05, 0) is 37.8 Å². The van der Waals surface area contributed by atoms with Crippen molar-refractivity contribution in [3.05, 3.63) is 18.2 Å². The molecule has 1 aromatic rings. The Morgan fingerprint density at radius 2 is 2.04 bits per heavy atom. The van der Waals surface area contributed by atoms with Gasteiger partial charge in [0.1, 0.15) is 13.2 Å². The fourth-order valence-electron chi connectivity index (χ4n) is 4.20. The summed E-state index contributed by atoms with van der Waals surface area (Å²) in [5.74, 6) is 1.39. The largest absolute Gasteiger partial charge is 0.486 e. The molecule has 27 heavy (non-hydrogen) atoms. The highest BCUT2D eigenvalue weighted by Crippen LogP contribution is 2.35. The quantitative estimate of drug-likeness (QED) is 0.884. The lowest BCUT2D eigenvalue weighted by Gasteiger charge is -2.35. The second kappa shape index (κ2) is 7.66. The third kappa shape index (κ3) is 3.68. The van der Waals surface area contributed by atoms with Gasteiger partial charge in [-0.1, -0.05) is 6.92 Å². The number of likely N-dealkylation sites (tertiary alicyclic amines) is 1. The van der Waals surface area contributed by atoms with Crippen molar-refractivity contribution in [2.24, 2.45) is 0 Å². The number of carbonyl (C=O) groups excluding carboxylic acids is 2. The van der Waals surface area contributed by atoms with Crippen LogP contribution in [0.4, 0.5) is 10.5 Å². The number of ether oxygens (including phenoxy) is 2. The number of anilines is 1. The Morgan fingerprint density at radius 1 is 1.22 bits per heavy atom. The predicted octanol–water partition coefficient (Wildman–Crippen LogP) is 2.54. The Kier molecular flexibility index (Phi) is 5.09. The molecule has 2 fully saturated rings. The van der Waals surface area contributed by atoms with Crippen LogP contribution in [0.5, 0.6) is 11.5 Å². The summed E-state index contributed by atoms with van der Waals surface area (Å²) in [5, 5.41) is 3.07. The molecule has 3 amide bonds. The van der Waals surface area contributed by atoms with Crippen LogP contribution in [0.2, 0.25) is 0 Å². The number of fused-ring (bicyclic) bond motifs is 1. The van der Waals surface area contributed by atoms with E-state index in [1.54, 1.807) is 4.90 Å². The van der Waals surface area contributed by atoms with Crippen molar-refractivity contribution in [3.63, 3.8) is 0 Å². The van der Waals surface area contributed by atoms with Crippen LogP contribution in [0.3, 0.4) is 0 Å². The van der Waals surface area contributed by atoms with Crippen molar-refractivity contribution < 1.29 is 19.1 Å². The Bertz CT molecular complexity index is 723. The summed E-state index contributed by atoms with van der Waals surface area (Å²) >= 11 is 0. The molecule has 0 spiro atoms. The molecule has 4 rings (SSSR count). The normalized spacial score (nSPS) is 24.9. The number of nitrogens with one attached hydrogen (secondary N) is 1. The fraction of sp³-hybridized carbons (Fsp3) is 0.600. The van der Waals surface area contributed by atoms with E-state index in [4.69, 9.17) is 9.47 Å². The first-order valence-electron chi connectivity index (χ1n) is 9.93. The summed E-state index contributed by atoms with van der Waals surface area (Å²) in [5.41, 5.74) is 0.783. The Hall–Kier alpha value is -2.44. The zero-order valence-electron chi connectivity index (χ0n) is 15.8. The van der Waals surface area contributed by atoms with Crippen LogP contribution in [0, 0.1) is 0 Å². The average Bonchev–Trinajstić information content (AvgIpc) is 3.07. The van der Waals surface area contributed by atoms with E-state index in [-0.39, 0.29) is 18.0 Å². The molecule has 1 aromatic carbocycles. The molecule has 146 valence electrons. The van der Waals surface area contributed by atoms with Crippen molar-refractivity contribution >= 4 is 17.6 Å². The number of piperidine rings is 1. The smallest absolute Gasteiger partial charge is 0.317 e. The number of amides is 3. The number of rotatable bonds is 3. The molecule has 1 N–H and O–H groups in total. The molecule has 3 aliphatic heterocycles. The van der Waals surface area contributed by atoms with E-state index in [0.717, 1.165) is 31.5 Å². The number of carbonyl (C=O) groups is 2. The minimum Gasteiger partial charge on any atom is -0.486 e. The molecule has 0 aliphatic carbocycles. The molecule has 0 radical (unpaired) electrons. The van der Waals surface area contributed by atoms with Gasteiger partial charge in [0, 0.05) is 37.3 Å².